The molecular formula is C21H20N6. The smallest absolute Gasteiger partial charge is 0.162 e. The van der Waals surface area contributed by atoms with Gasteiger partial charge in [-0.2, -0.15) is 5.10 Å². The summed E-state index contributed by atoms with van der Waals surface area (Å²) in [5.74, 6) is 1.75. The lowest BCUT2D eigenvalue weighted by Crippen LogP contribution is -2.37. The molecular weight excluding hydrogens is 336 g/mol. The number of anilines is 1. The van der Waals surface area contributed by atoms with E-state index in [-0.39, 0.29) is 0 Å². The van der Waals surface area contributed by atoms with Crippen LogP contribution in [0.4, 0.5) is 5.82 Å². The van der Waals surface area contributed by atoms with Crippen molar-refractivity contribution >= 4 is 16.7 Å². The van der Waals surface area contributed by atoms with Gasteiger partial charge in [0.05, 0.1) is 11.6 Å². The first-order valence-corrected chi connectivity index (χ1v) is 9.30. The highest BCUT2D eigenvalue weighted by molar-refractivity contribution is 5.91. The Morgan fingerprint density at radius 2 is 1.81 bits per heavy atom. The number of aromatic nitrogens is 5. The van der Waals surface area contributed by atoms with E-state index in [0.29, 0.717) is 6.04 Å². The van der Waals surface area contributed by atoms with Gasteiger partial charge in [-0.1, -0.05) is 12.1 Å². The third-order valence-electron chi connectivity index (χ3n) is 5.12. The van der Waals surface area contributed by atoms with Crippen LogP contribution in [-0.4, -0.2) is 37.8 Å². The zero-order valence-corrected chi connectivity index (χ0v) is 14.9. The SMILES string of the molecule is c1ccc2c(N3CCCC(n4cccn4)C3)nc(-c3ccncc3)nc2c1. The second-order valence-corrected chi connectivity index (χ2v) is 6.85. The highest BCUT2D eigenvalue weighted by Crippen LogP contribution is 2.31. The first kappa shape index (κ1) is 15.9. The largest absolute Gasteiger partial charge is 0.354 e. The van der Waals surface area contributed by atoms with Crippen molar-refractivity contribution in [3.8, 4) is 11.4 Å². The van der Waals surface area contributed by atoms with E-state index in [9.17, 15) is 0 Å². The molecule has 0 aliphatic carbocycles. The number of benzene rings is 1. The van der Waals surface area contributed by atoms with Crippen LogP contribution in [0.1, 0.15) is 18.9 Å². The van der Waals surface area contributed by atoms with Gasteiger partial charge in [-0.05, 0) is 43.2 Å². The topological polar surface area (TPSA) is 59.7 Å². The van der Waals surface area contributed by atoms with Gasteiger partial charge in [0.1, 0.15) is 5.82 Å². The summed E-state index contributed by atoms with van der Waals surface area (Å²) in [6.45, 7) is 1.90. The maximum Gasteiger partial charge on any atom is 0.162 e. The van der Waals surface area contributed by atoms with Gasteiger partial charge in [-0.25, -0.2) is 9.97 Å². The number of piperidine rings is 1. The molecule has 134 valence electrons. The van der Waals surface area contributed by atoms with Gasteiger partial charge >= 0.3 is 0 Å². The van der Waals surface area contributed by atoms with Crippen LogP contribution in [-0.2, 0) is 0 Å². The molecule has 6 nitrogen and oxygen atoms in total. The minimum atomic E-state index is 0.367. The molecule has 1 atom stereocenters. The normalized spacial score (nSPS) is 17.3. The lowest BCUT2D eigenvalue weighted by molar-refractivity contribution is 0.375. The third kappa shape index (κ3) is 3.03. The summed E-state index contributed by atoms with van der Waals surface area (Å²) in [5.41, 5.74) is 1.95. The Bertz CT molecular complexity index is 1040. The Morgan fingerprint density at radius 3 is 2.67 bits per heavy atom. The van der Waals surface area contributed by atoms with Gasteiger partial charge in [0.25, 0.3) is 0 Å². The fourth-order valence-corrected chi connectivity index (χ4v) is 3.79. The lowest BCUT2D eigenvalue weighted by Gasteiger charge is -2.34. The lowest BCUT2D eigenvalue weighted by atomic mass is 10.1. The van der Waals surface area contributed by atoms with E-state index in [0.717, 1.165) is 54.0 Å². The zero-order chi connectivity index (χ0) is 18.1. The molecule has 0 bridgehead atoms. The van der Waals surface area contributed by atoms with E-state index in [1.165, 1.54) is 0 Å². The molecule has 1 unspecified atom stereocenters. The molecule has 0 spiro atoms. The summed E-state index contributed by atoms with van der Waals surface area (Å²) in [5, 5.41) is 5.54. The van der Waals surface area contributed by atoms with Crippen molar-refractivity contribution in [1.82, 2.24) is 24.7 Å². The van der Waals surface area contributed by atoms with Crippen molar-refractivity contribution in [3.05, 3.63) is 67.3 Å². The van der Waals surface area contributed by atoms with Gasteiger partial charge in [0.15, 0.2) is 5.82 Å². The van der Waals surface area contributed by atoms with E-state index in [1.54, 1.807) is 12.4 Å². The first-order valence-electron chi connectivity index (χ1n) is 9.30. The molecule has 3 aromatic heterocycles. The summed E-state index contributed by atoms with van der Waals surface area (Å²) in [7, 11) is 0. The molecule has 6 heteroatoms. The number of para-hydroxylation sites is 1. The molecule has 4 aromatic rings. The molecule has 0 saturated carbocycles. The van der Waals surface area contributed by atoms with Crippen molar-refractivity contribution in [2.45, 2.75) is 18.9 Å². The van der Waals surface area contributed by atoms with Crippen LogP contribution in [0, 0.1) is 0 Å². The fourth-order valence-electron chi connectivity index (χ4n) is 3.79. The number of fused-ring (bicyclic) bond motifs is 1. The minimum Gasteiger partial charge on any atom is -0.354 e. The summed E-state index contributed by atoms with van der Waals surface area (Å²) < 4.78 is 2.07. The molecule has 1 aromatic carbocycles. The highest BCUT2D eigenvalue weighted by atomic mass is 15.3. The monoisotopic (exact) mass is 356 g/mol. The van der Waals surface area contributed by atoms with Crippen molar-refractivity contribution in [2.75, 3.05) is 18.0 Å². The molecule has 5 rings (SSSR count). The second kappa shape index (κ2) is 6.79. The summed E-state index contributed by atoms with van der Waals surface area (Å²) in [6, 6.07) is 14.5. The van der Waals surface area contributed by atoms with Crippen molar-refractivity contribution in [2.24, 2.45) is 0 Å². The van der Waals surface area contributed by atoms with E-state index in [4.69, 9.17) is 9.97 Å². The maximum absolute atomic E-state index is 4.97. The van der Waals surface area contributed by atoms with Gasteiger partial charge < -0.3 is 4.90 Å². The molecule has 0 amide bonds. The van der Waals surface area contributed by atoms with Crippen molar-refractivity contribution in [3.63, 3.8) is 0 Å². The van der Waals surface area contributed by atoms with Crippen LogP contribution in [0.2, 0.25) is 0 Å². The summed E-state index contributed by atoms with van der Waals surface area (Å²) in [4.78, 5) is 16.2. The Morgan fingerprint density at radius 1 is 0.926 bits per heavy atom. The average Bonchev–Trinajstić information content (AvgIpc) is 3.29. The summed E-state index contributed by atoms with van der Waals surface area (Å²) in [6.07, 6.45) is 9.71. The molecule has 1 aliphatic heterocycles. The van der Waals surface area contributed by atoms with E-state index in [2.05, 4.69) is 44.1 Å². The number of rotatable bonds is 3. The Hall–Kier alpha value is -3.28. The van der Waals surface area contributed by atoms with Crippen molar-refractivity contribution in [1.29, 1.82) is 0 Å². The number of pyridine rings is 1. The van der Waals surface area contributed by atoms with Crippen LogP contribution >= 0.6 is 0 Å². The van der Waals surface area contributed by atoms with Gasteiger partial charge in [0.2, 0.25) is 0 Å². The molecule has 0 radical (unpaired) electrons. The van der Waals surface area contributed by atoms with Crippen LogP contribution in [0.25, 0.3) is 22.3 Å². The molecule has 4 heterocycles. The van der Waals surface area contributed by atoms with Gasteiger partial charge in [0, 0.05) is 48.8 Å². The second-order valence-electron chi connectivity index (χ2n) is 6.85. The third-order valence-corrected chi connectivity index (χ3v) is 5.12. The molecule has 0 N–H and O–H groups in total. The number of nitrogens with zero attached hydrogens (tertiary/aromatic N) is 6. The van der Waals surface area contributed by atoms with E-state index >= 15 is 0 Å². The molecule has 1 aliphatic rings. The average molecular weight is 356 g/mol. The Balaban J connectivity index is 1.59. The first-order chi connectivity index (χ1) is 13.4. The predicted molar refractivity (Wildman–Crippen MR) is 105 cm³/mol. The van der Waals surface area contributed by atoms with Gasteiger partial charge in [-0.15, -0.1) is 0 Å². The standard InChI is InChI=1S/C21H20N6/c1-2-7-19-18(6-1)21(25-20(24-19)16-8-11-22-12-9-16)26-13-3-5-17(15-26)27-14-4-10-23-27/h1-2,4,6-12,14,17H,3,5,13,15H2. The van der Waals surface area contributed by atoms with Crippen LogP contribution in [0.15, 0.2) is 67.3 Å². The molecule has 27 heavy (non-hydrogen) atoms. The quantitative estimate of drug-likeness (QED) is 0.560. The Labute approximate surface area is 157 Å². The fraction of sp³-hybridized carbons (Fsp3) is 0.238. The number of hydrogen-bond acceptors (Lipinski definition) is 5. The Kier molecular flexibility index (Phi) is 4.01. The van der Waals surface area contributed by atoms with E-state index in [1.807, 2.05) is 30.5 Å². The van der Waals surface area contributed by atoms with Crippen LogP contribution in [0.3, 0.4) is 0 Å². The zero-order valence-electron chi connectivity index (χ0n) is 14.9. The van der Waals surface area contributed by atoms with Crippen LogP contribution < -0.4 is 4.90 Å². The maximum atomic E-state index is 4.97. The minimum absolute atomic E-state index is 0.367. The molecule has 1 saturated heterocycles. The number of hydrogen-bond donors (Lipinski definition) is 0. The van der Waals surface area contributed by atoms with Gasteiger partial charge in [-0.3, -0.25) is 9.67 Å². The van der Waals surface area contributed by atoms with Crippen molar-refractivity contribution < 1.29 is 0 Å². The summed E-state index contributed by atoms with van der Waals surface area (Å²) >= 11 is 0. The van der Waals surface area contributed by atoms with Crippen LogP contribution in [0.5, 0.6) is 0 Å². The molecule has 1 fully saturated rings. The van der Waals surface area contributed by atoms with E-state index < -0.39 is 0 Å². The highest BCUT2D eigenvalue weighted by Gasteiger charge is 2.24. The predicted octanol–water partition coefficient (Wildman–Crippen LogP) is 3.73.